The second kappa shape index (κ2) is 6.69. The first-order valence-electron chi connectivity index (χ1n) is 6.43. The molecule has 0 saturated heterocycles. The zero-order chi connectivity index (χ0) is 12.0. The van der Waals surface area contributed by atoms with Crippen LogP contribution in [0.15, 0.2) is 6.07 Å². The van der Waals surface area contributed by atoms with E-state index in [1.807, 2.05) is 11.7 Å². The van der Waals surface area contributed by atoms with Gasteiger partial charge in [0.25, 0.3) is 0 Å². The number of aromatic nitrogens is 2. The summed E-state index contributed by atoms with van der Waals surface area (Å²) in [6, 6.07) is 2.65. The quantitative estimate of drug-likeness (QED) is 0.720. The van der Waals surface area contributed by atoms with Gasteiger partial charge in [-0.3, -0.25) is 4.68 Å². The summed E-state index contributed by atoms with van der Waals surface area (Å²) in [7, 11) is 2.03. The first-order valence-corrected chi connectivity index (χ1v) is 6.43. The molecule has 0 aromatic carbocycles. The van der Waals surface area contributed by atoms with Crippen LogP contribution in [0.3, 0.4) is 0 Å². The van der Waals surface area contributed by atoms with Gasteiger partial charge in [-0.15, -0.1) is 0 Å². The molecule has 1 aromatic rings. The smallest absolute Gasteiger partial charge is 0.0597 e. The molecule has 16 heavy (non-hydrogen) atoms. The molecule has 0 aliphatic carbocycles. The summed E-state index contributed by atoms with van der Waals surface area (Å²) in [4.78, 5) is 0. The Labute approximate surface area is 99.2 Å². The standard InChI is InChI=1S/C13H25N3/c1-5-7-8-9-12(14-6-2)13-10-11(3)15-16(13)4/h10,12,14H,5-9H2,1-4H3. The lowest BCUT2D eigenvalue weighted by molar-refractivity contribution is 0.458. The molecule has 1 atom stereocenters. The molecule has 0 bridgehead atoms. The Bertz CT molecular complexity index is 304. The van der Waals surface area contributed by atoms with Crippen molar-refractivity contribution in [1.82, 2.24) is 15.1 Å². The molecule has 3 heteroatoms. The number of hydrogen-bond acceptors (Lipinski definition) is 2. The van der Waals surface area contributed by atoms with E-state index < -0.39 is 0 Å². The maximum Gasteiger partial charge on any atom is 0.0597 e. The highest BCUT2D eigenvalue weighted by molar-refractivity contribution is 5.13. The molecule has 0 aliphatic heterocycles. The van der Waals surface area contributed by atoms with Crippen molar-refractivity contribution < 1.29 is 0 Å². The monoisotopic (exact) mass is 223 g/mol. The van der Waals surface area contributed by atoms with Gasteiger partial charge < -0.3 is 5.32 Å². The van der Waals surface area contributed by atoms with Crippen LogP contribution in [0.2, 0.25) is 0 Å². The maximum atomic E-state index is 4.42. The Morgan fingerprint density at radius 2 is 2.12 bits per heavy atom. The van der Waals surface area contributed by atoms with E-state index in [0.717, 1.165) is 12.2 Å². The van der Waals surface area contributed by atoms with Crippen molar-refractivity contribution in [3.05, 3.63) is 17.5 Å². The first-order chi connectivity index (χ1) is 7.69. The molecule has 1 heterocycles. The summed E-state index contributed by atoms with van der Waals surface area (Å²) < 4.78 is 2.01. The van der Waals surface area contributed by atoms with Gasteiger partial charge in [0, 0.05) is 13.1 Å². The van der Waals surface area contributed by atoms with E-state index in [1.54, 1.807) is 0 Å². The van der Waals surface area contributed by atoms with Crippen LogP contribution in [0.5, 0.6) is 0 Å². The zero-order valence-corrected chi connectivity index (χ0v) is 11.1. The normalized spacial score (nSPS) is 13.0. The number of nitrogens with one attached hydrogen (secondary N) is 1. The average Bonchev–Trinajstić information content (AvgIpc) is 2.57. The summed E-state index contributed by atoms with van der Waals surface area (Å²) in [6.45, 7) is 7.48. The Balaban J connectivity index is 2.64. The third-order valence-electron chi connectivity index (χ3n) is 2.94. The second-order valence-corrected chi connectivity index (χ2v) is 4.44. The predicted molar refractivity (Wildman–Crippen MR) is 68.5 cm³/mol. The minimum atomic E-state index is 0.461. The lowest BCUT2D eigenvalue weighted by atomic mass is 10.1. The molecule has 0 aliphatic rings. The number of unbranched alkanes of at least 4 members (excludes halogenated alkanes) is 2. The van der Waals surface area contributed by atoms with Crippen molar-refractivity contribution in [2.24, 2.45) is 7.05 Å². The van der Waals surface area contributed by atoms with Crippen molar-refractivity contribution in [3.8, 4) is 0 Å². The number of hydrogen-bond donors (Lipinski definition) is 1. The Morgan fingerprint density at radius 1 is 1.38 bits per heavy atom. The molecule has 1 unspecified atom stereocenters. The third-order valence-corrected chi connectivity index (χ3v) is 2.94. The minimum Gasteiger partial charge on any atom is -0.309 e. The molecule has 0 radical (unpaired) electrons. The molecule has 0 saturated carbocycles. The van der Waals surface area contributed by atoms with Crippen molar-refractivity contribution in [2.45, 2.75) is 52.5 Å². The van der Waals surface area contributed by atoms with Crippen LogP contribution in [0.4, 0.5) is 0 Å². The van der Waals surface area contributed by atoms with Gasteiger partial charge in [0.15, 0.2) is 0 Å². The largest absolute Gasteiger partial charge is 0.309 e. The molecule has 0 amide bonds. The number of aryl methyl sites for hydroxylation is 2. The van der Waals surface area contributed by atoms with Crippen LogP contribution in [0.1, 0.15) is 57.0 Å². The highest BCUT2D eigenvalue weighted by Gasteiger charge is 2.14. The Hall–Kier alpha value is -0.830. The van der Waals surface area contributed by atoms with E-state index >= 15 is 0 Å². The fourth-order valence-electron chi connectivity index (χ4n) is 2.16. The highest BCUT2D eigenvalue weighted by Crippen LogP contribution is 2.20. The molecule has 0 fully saturated rings. The SMILES string of the molecule is CCCCCC(NCC)c1cc(C)nn1C. The van der Waals surface area contributed by atoms with Crippen molar-refractivity contribution in [3.63, 3.8) is 0 Å². The summed E-state index contributed by atoms with van der Waals surface area (Å²) >= 11 is 0. The van der Waals surface area contributed by atoms with Crippen molar-refractivity contribution in [1.29, 1.82) is 0 Å². The topological polar surface area (TPSA) is 29.9 Å². The Morgan fingerprint density at radius 3 is 2.62 bits per heavy atom. The van der Waals surface area contributed by atoms with Gasteiger partial charge in [0.1, 0.15) is 0 Å². The van der Waals surface area contributed by atoms with Crippen LogP contribution in [-0.4, -0.2) is 16.3 Å². The molecule has 3 nitrogen and oxygen atoms in total. The molecular formula is C13H25N3. The molecule has 0 spiro atoms. The molecule has 92 valence electrons. The van der Waals surface area contributed by atoms with Gasteiger partial charge in [-0.25, -0.2) is 0 Å². The highest BCUT2D eigenvalue weighted by atomic mass is 15.3. The lowest BCUT2D eigenvalue weighted by Gasteiger charge is -2.17. The fraction of sp³-hybridized carbons (Fsp3) is 0.769. The van der Waals surface area contributed by atoms with Crippen LogP contribution in [-0.2, 0) is 7.05 Å². The van der Waals surface area contributed by atoms with Crippen LogP contribution in [0, 0.1) is 6.92 Å². The van der Waals surface area contributed by atoms with E-state index in [9.17, 15) is 0 Å². The zero-order valence-electron chi connectivity index (χ0n) is 11.1. The first kappa shape index (κ1) is 13.2. The van der Waals surface area contributed by atoms with Gasteiger partial charge in [-0.1, -0.05) is 33.1 Å². The van der Waals surface area contributed by atoms with E-state index in [1.165, 1.54) is 31.4 Å². The van der Waals surface area contributed by atoms with Gasteiger partial charge in [-0.2, -0.15) is 5.10 Å². The van der Waals surface area contributed by atoms with Crippen LogP contribution >= 0.6 is 0 Å². The van der Waals surface area contributed by atoms with E-state index in [2.05, 4.69) is 37.3 Å². The summed E-state index contributed by atoms with van der Waals surface area (Å²) in [5.41, 5.74) is 2.42. The second-order valence-electron chi connectivity index (χ2n) is 4.44. The predicted octanol–water partition coefficient (Wildman–Crippen LogP) is 2.96. The van der Waals surface area contributed by atoms with Crippen LogP contribution < -0.4 is 5.32 Å². The maximum absolute atomic E-state index is 4.42. The summed E-state index contributed by atoms with van der Waals surface area (Å²) in [5, 5.41) is 7.97. The fourth-order valence-corrected chi connectivity index (χ4v) is 2.16. The van der Waals surface area contributed by atoms with E-state index in [-0.39, 0.29) is 0 Å². The van der Waals surface area contributed by atoms with Crippen molar-refractivity contribution >= 4 is 0 Å². The van der Waals surface area contributed by atoms with Gasteiger partial charge in [0.2, 0.25) is 0 Å². The van der Waals surface area contributed by atoms with Gasteiger partial charge in [0.05, 0.1) is 11.4 Å². The molecular weight excluding hydrogens is 198 g/mol. The number of nitrogens with zero attached hydrogens (tertiary/aromatic N) is 2. The molecule has 1 rings (SSSR count). The van der Waals surface area contributed by atoms with Gasteiger partial charge >= 0.3 is 0 Å². The Kier molecular flexibility index (Phi) is 5.53. The van der Waals surface area contributed by atoms with E-state index in [0.29, 0.717) is 6.04 Å². The van der Waals surface area contributed by atoms with Crippen molar-refractivity contribution in [2.75, 3.05) is 6.54 Å². The van der Waals surface area contributed by atoms with E-state index in [4.69, 9.17) is 0 Å². The molecule has 1 aromatic heterocycles. The molecule has 1 N–H and O–H groups in total. The van der Waals surface area contributed by atoms with Crippen LogP contribution in [0.25, 0.3) is 0 Å². The average molecular weight is 223 g/mol. The van der Waals surface area contributed by atoms with Gasteiger partial charge in [-0.05, 0) is 26.0 Å². The third kappa shape index (κ3) is 3.63. The summed E-state index contributed by atoms with van der Waals surface area (Å²) in [5.74, 6) is 0. The summed E-state index contributed by atoms with van der Waals surface area (Å²) in [6.07, 6.45) is 5.10. The number of rotatable bonds is 7. The minimum absolute atomic E-state index is 0.461. The lowest BCUT2D eigenvalue weighted by Crippen LogP contribution is -2.23.